The number of benzene rings is 2. The number of nitrogens with one attached hydrogen (secondary N) is 1. The summed E-state index contributed by atoms with van der Waals surface area (Å²) in [6.45, 7) is 2.21. The van der Waals surface area contributed by atoms with E-state index >= 15 is 0 Å². The molecular formula is C16H17ClN2O4S2. The predicted molar refractivity (Wildman–Crippen MR) is 97.0 cm³/mol. The topological polar surface area (TPSA) is 83.6 Å². The van der Waals surface area contributed by atoms with Gasteiger partial charge < -0.3 is 0 Å². The van der Waals surface area contributed by atoms with Crippen LogP contribution in [-0.4, -0.2) is 29.9 Å². The fourth-order valence-corrected chi connectivity index (χ4v) is 5.44. The molecule has 0 saturated heterocycles. The molecule has 2 aromatic carbocycles. The summed E-state index contributed by atoms with van der Waals surface area (Å²) in [5, 5.41) is 0.444. The van der Waals surface area contributed by atoms with Crippen LogP contribution in [0.4, 0.5) is 5.69 Å². The largest absolute Gasteiger partial charge is 0.266 e. The van der Waals surface area contributed by atoms with Crippen LogP contribution in [0.3, 0.4) is 0 Å². The number of nitrogens with zero attached hydrogens (tertiary/aromatic N) is 1. The number of sulfonamides is 2. The van der Waals surface area contributed by atoms with Gasteiger partial charge in [-0.15, -0.1) is 0 Å². The van der Waals surface area contributed by atoms with Gasteiger partial charge in [-0.3, -0.25) is 4.31 Å². The summed E-state index contributed by atoms with van der Waals surface area (Å²) in [5.41, 5.74) is 1.20. The second-order valence-corrected chi connectivity index (χ2v) is 9.64. The van der Waals surface area contributed by atoms with E-state index in [1.807, 2.05) is 0 Å². The lowest BCUT2D eigenvalue weighted by molar-refractivity contribution is 0.583. The van der Waals surface area contributed by atoms with E-state index in [0.29, 0.717) is 17.1 Å². The van der Waals surface area contributed by atoms with Crippen molar-refractivity contribution in [2.75, 3.05) is 17.4 Å². The second-order valence-electron chi connectivity index (χ2n) is 5.57. The van der Waals surface area contributed by atoms with E-state index in [-0.39, 0.29) is 22.9 Å². The van der Waals surface area contributed by atoms with Gasteiger partial charge in [0.1, 0.15) is 0 Å². The van der Waals surface area contributed by atoms with Crippen LogP contribution in [0.5, 0.6) is 0 Å². The molecule has 0 fully saturated rings. The molecular weight excluding hydrogens is 384 g/mol. The van der Waals surface area contributed by atoms with Crippen LogP contribution in [-0.2, 0) is 26.5 Å². The Bertz CT molecular complexity index is 1000. The van der Waals surface area contributed by atoms with Gasteiger partial charge in [0.2, 0.25) is 10.0 Å². The summed E-state index contributed by atoms with van der Waals surface area (Å²) in [5.74, 6) is 0. The lowest BCUT2D eigenvalue weighted by Crippen LogP contribution is -2.29. The molecule has 0 spiro atoms. The molecule has 0 atom stereocenters. The van der Waals surface area contributed by atoms with Crippen molar-refractivity contribution >= 4 is 37.3 Å². The molecule has 0 amide bonds. The Labute approximate surface area is 152 Å². The molecule has 9 heteroatoms. The molecule has 1 aliphatic heterocycles. The molecule has 1 aliphatic rings. The highest BCUT2D eigenvalue weighted by Crippen LogP contribution is 2.34. The fraction of sp³-hybridized carbons (Fsp3) is 0.250. The average molecular weight is 401 g/mol. The summed E-state index contributed by atoms with van der Waals surface area (Å²) in [6.07, 6.45) is 0.531. The van der Waals surface area contributed by atoms with E-state index < -0.39 is 20.0 Å². The average Bonchev–Trinajstić information content (AvgIpc) is 2.99. The molecule has 0 unspecified atom stereocenters. The van der Waals surface area contributed by atoms with E-state index in [1.165, 1.54) is 40.7 Å². The summed E-state index contributed by atoms with van der Waals surface area (Å²) in [4.78, 5) is 0.163. The van der Waals surface area contributed by atoms with Crippen molar-refractivity contribution in [3.8, 4) is 0 Å². The van der Waals surface area contributed by atoms with Gasteiger partial charge in [0.15, 0.2) is 0 Å². The van der Waals surface area contributed by atoms with Gasteiger partial charge in [-0.05, 0) is 48.4 Å². The van der Waals surface area contributed by atoms with Crippen molar-refractivity contribution in [2.24, 2.45) is 0 Å². The molecule has 3 rings (SSSR count). The molecule has 0 bridgehead atoms. The second kappa shape index (κ2) is 6.60. The quantitative estimate of drug-likeness (QED) is 0.835. The first-order valence-corrected chi connectivity index (χ1v) is 11.0. The van der Waals surface area contributed by atoms with Gasteiger partial charge >= 0.3 is 0 Å². The molecule has 25 heavy (non-hydrogen) atoms. The van der Waals surface area contributed by atoms with E-state index in [1.54, 1.807) is 13.0 Å². The maximum Gasteiger partial charge on any atom is 0.264 e. The maximum absolute atomic E-state index is 12.9. The first kappa shape index (κ1) is 18.2. The van der Waals surface area contributed by atoms with Crippen LogP contribution in [0, 0.1) is 0 Å². The van der Waals surface area contributed by atoms with Crippen molar-refractivity contribution in [1.82, 2.24) is 4.72 Å². The zero-order valence-electron chi connectivity index (χ0n) is 13.4. The Morgan fingerprint density at radius 1 is 1.04 bits per heavy atom. The highest BCUT2D eigenvalue weighted by molar-refractivity contribution is 7.93. The summed E-state index contributed by atoms with van der Waals surface area (Å²) >= 11 is 5.82. The number of rotatable bonds is 5. The van der Waals surface area contributed by atoms with E-state index in [9.17, 15) is 16.8 Å². The van der Waals surface area contributed by atoms with Gasteiger partial charge in [0.05, 0.1) is 15.5 Å². The van der Waals surface area contributed by atoms with Crippen molar-refractivity contribution in [3.05, 3.63) is 53.1 Å². The smallest absolute Gasteiger partial charge is 0.264 e. The minimum absolute atomic E-state index is 0.0475. The molecule has 1 N–H and O–H groups in total. The molecule has 0 aliphatic carbocycles. The van der Waals surface area contributed by atoms with Crippen LogP contribution in [0.15, 0.2) is 52.3 Å². The third-order valence-corrected chi connectivity index (χ3v) is 7.58. The van der Waals surface area contributed by atoms with Crippen LogP contribution >= 0.6 is 11.6 Å². The van der Waals surface area contributed by atoms with Crippen molar-refractivity contribution in [3.63, 3.8) is 0 Å². The number of anilines is 1. The van der Waals surface area contributed by atoms with E-state index in [4.69, 9.17) is 11.6 Å². The van der Waals surface area contributed by atoms with Gasteiger partial charge in [0, 0.05) is 18.1 Å². The maximum atomic E-state index is 12.9. The minimum atomic E-state index is -3.78. The van der Waals surface area contributed by atoms with Gasteiger partial charge in [-0.2, -0.15) is 0 Å². The van der Waals surface area contributed by atoms with Gasteiger partial charge in [-0.1, -0.05) is 24.6 Å². The van der Waals surface area contributed by atoms with Crippen LogP contribution in [0.25, 0.3) is 0 Å². The third kappa shape index (κ3) is 3.39. The molecule has 1 heterocycles. The molecule has 0 radical (unpaired) electrons. The standard InChI is InChI=1S/C16H17ClN2O4S2/c1-2-18-24(20,21)15-6-3-12-9-10-19(16(12)11-15)25(22,23)14-7-4-13(17)5-8-14/h3-8,11,18H,2,9-10H2,1H3. The fourth-order valence-electron chi connectivity index (χ4n) is 2.75. The Hall–Kier alpha value is -1.61. The summed E-state index contributed by atoms with van der Waals surface area (Å²) < 4.78 is 53.9. The monoisotopic (exact) mass is 400 g/mol. The highest BCUT2D eigenvalue weighted by Gasteiger charge is 2.32. The Kier molecular flexibility index (Phi) is 4.80. The molecule has 0 aromatic heterocycles. The molecule has 6 nitrogen and oxygen atoms in total. The van der Waals surface area contributed by atoms with Crippen LogP contribution in [0.2, 0.25) is 5.02 Å². The third-order valence-electron chi connectivity index (χ3n) is 3.96. The van der Waals surface area contributed by atoms with Gasteiger partial charge in [0.25, 0.3) is 10.0 Å². The van der Waals surface area contributed by atoms with Crippen LogP contribution in [0.1, 0.15) is 12.5 Å². The first-order valence-electron chi connectivity index (χ1n) is 7.66. The lowest BCUT2D eigenvalue weighted by atomic mass is 10.2. The predicted octanol–water partition coefficient (Wildman–Crippen LogP) is 2.39. The first-order chi connectivity index (χ1) is 11.8. The van der Waals surface area contributed by atoms with Crippen molar-refractivity contribution in [2.45, 2.75) is 23.1 Å². The Morgan fingerprint density at radius 3 is 2.32 bits per heavy atom. The molecule has 2 aromatic rings. The normalized spacial score (nSPS) is 14.6. The minimum Gasteiger partial charge on any atom is -0.266 e. The van der Waals surface area contributed by atoms with Crippen molar-refractivity contribution in [1.29, 1.82) is 0 Å². The van der Waals surface area contributed by atoms with Crippen molar-refractivity contribution < 1.29 is 16.8 Å². The van der Waals surface area contributed by atoms with E-state index in [2.05, 4.69) is 4.72 Å². The summed E-state index contributed by atoms with van der Waals surface area (Å²) in [7, 11) is -7.44. The van der Waals surface area contributed by atoms with Crippen LogP contribution < -0.4 is 9.03 Å². The highest BCUT2D eigenvalue weighted by atomic mass is 35.5. The van der Waals surface area contributed by atoms with Gasteiger partial charge in [-0.25, -0.2) is 21.6 Å². The Balaban J connectivity index is 2.05. The molecule has 0 saturated carbocycles. The lowest BCUT2D eigenvalue weighted by Gasteiger charge is -2.20. The SMILES string of the molecule is CCNS(=O)(=O)c1ccc2c(c1)N(S(=O)(=O)c1ccc(Cl)cc1)CC2. The number of hydrogen-bond acceptors (Lipinski definition) is 4. The number of hydrogen-bond donors (Lipinski definition) is 1. The Morgan fingerprint density at radius 2 is 1.68 bits per heavy atom. The number of fused-ring (bicyclic) bond motifs is 1. The van der Waals surface area contributed by atoms with E-state index in [0.717, 1.165) is 5.56 Å². The molecule has 134 valence electrons. The summed E-state index contributed by atoms with van der Waals surface area (Å²) in [6, 6.07) is 10.5. The zero-order valence-corrected chi connectivity index (χ0v) is 15.8. The number of halogens is 1. The zero-order chi connectivity index (χ0) is 18.2.